The molecule has 0 atom stereocenters. The van der Waals surface area contributed by atoms with Crippen molar-refractivity contribution in [2.75, 3.05) is 32.8 Å². The van der Waals surface area contributed by atoms with Crippen LogP contribution in [0.15, 0.2) is 88.2 Å². The molecule has 0 aliphatic carbocycles. The average Bonchev–Trinajstić information content (AvgIpc) is 2.82. The van der Waals surface area contributed by atoms with Crippen LogP contribution >= 0.6 is 15.9 Å². The number of piperazine rings is 1. The van der Waals surface area contributed by atoms with E-state index >= 15 is 0 Å². The zero-order valence-electron chi connectivity index (χ0n) is 18.0. The molecule has 0 unspecified atom stereocenters. The Kier molecular flexibility index (Phi) is 7.30. The standard InChI is InChI=1S/C25H27BrN2O3S/c1-2-31-23-14-13-22(26)19-24(23)32(29,30)28-17-15-27(16-18-28)25(20-9-5-3-6-10-20)21-11-7-4-8-12-21/h3-14,19,25H,2,15-18H2,1H3. The van der Waals surface area contributed by atoms with Crippen molar-refractivity contribution >= 4 is 26.0 Å². The van der Waals surface area contributed by atoms with Crippen LogP contribution in [0.3, 0.4) is 0 Å². The molecular formula is C25H27BrN2O3S. The second-order valence-corrected chi connectivity index (χ2v) is 10.5. The van der Waals surface area contributed by atoms with Gasteiger partial charge in [-0.2, -0.15) is 4.31 Å². The van der Waals surface area contributed by atoms with Crippen molar-refractivity contribution in [3.63, 3.8) is 0 Å². The van der Waals surface area contributed by atoms with Gasteiger partial charge in [0.2, 0.25) is 10.0 Å². The quantitative estimate of drug-likeness (QED) is 0.447. The lowest BCUT2D eigenvalue weighted by molar-refractivity contribution is 0.155. The molecule has 1 fully saturated rings. The Hall–Kier alpha value is -2.19. The molecule has 0 saturated carbocycles. The number of hydrogen-bond acceptors (Lipinski definition) is 4. The second kappa shape index (κ2) is 10.2. The van der Waals surface area contributed by atoms with Gasteiger partial charge in [0.15, 0.2) is 0 Å². The molecule has 1 saturated heterocycles. The second-order valence-electron chi connectivity index (χ2n) is 7.69. The van der Waals surface area contributed by atoms with Crippen molar-refractivity contribution in [3.8, 4) is 5.75 Å². The molecule has 5 nitrogen and oxygen atoms in total. The van der Waals surface area contributed by atoms with Crippen molar-refractivity contribution in [2.24, 2.45) is 0 Å². The van der Waals surface area contributed by atoms with Gasteiger partial charge in [-0.3, -0.25) is 4.90 Å². The average molecular weight is 515 g/mol. The largest absolute Gasteiger partial charge is 0.492 e. The maximum absolute atomic E-state index is 13.5. The van der Waals surface area contributed by atoms with Crippen LogP contribution in [0.1, 0.15) is 24.1 Å². The van der Waals surface area contributed by atoms with E-state index in [1.165, 1.54) is 11.1 Å². The number of halogens is 1. The van der Waals surface area contributed by atoms with Crippen LogP contribution in [-0.2, 0) is 10.0 Å². The maximum Gasteiger partial charge on any atom is 0.246 e. The fraction of sp³-hybridized carbons (Fsp3) is 0.280. The number of rotatable bonds is 7. The van der Waals surface area contributed by atoms with Gasteiger partial charge in [-0.1, -0.05) is 76.6 Å². The SMILES string of the molecule is CCOc1ccc(Br)cc1S(=O)(=O)N1CCN(C(c2ccccc2)c2ccccc2)CC1. The molecule has 0 amide bonds. The van der Waals surface area contributed by atoms with Crippen LogP contribution < -0.4 is 4.74 Å². The van der Waals surface area contributed by atoms with Gasteiger partial charge in [0.25, 0.3) is 0 Å². The van der Waals surface area contributed by atoms with Crippen molar-refractivity contribution < 1.29 is 13.2 Å². The van der Waals surface area contributed by atoms with Crippen LogP contribution in [0, 0.1) is 0 Å². The highest BCUT2D eigenvalue weighted by molar-refractivity contribution is 9.10. The number of ether oxygens (including phenoxy) is 1. The Labute approximate surface area is 198 Å². The van der Waals surface area contributed by atoms with Crippen molar-refractivity contribution in [1.29, 1.82) is 0 Å². The van der Waals surface area contributed by atoms with Crippen LogP contribution in [0.2, 0.25) is 0 Å². The van der Waals surface area contributed by atoms with E-state index in [-0.39, 0.29) is 10.9 Å². The lowest BCUT2D eigenvalue weighted by atomic mass is 9.96. The Bertz CT molecular complexity index is 1090. The first-order valence-electron chi connectivity index (χ1n) is 10.8. The summed E-state index contributed by atoms with van der Waals surface area (Å²) in [5.74, 6) is 0.393. The zero-order chi connectivity index (χ0) is 22.6. The molecule has 0 N–H and O–H groups in total. The van der Waals surface area contributed by atoms with Gasteiger partial charge < -0.3 is 4.74 Å². The van der Waals surface area contributed by atoms with Gasteiger partial charge in [-0.25, -0.2) is 8.42 Å². The predicted molar refractivity (Wildman–Crippen MR) is 130 cm³/mol. The smallest absolute Gasteiger partial charge is 0.246 e. The molecule has 0 radical (unpaired) electrons. The summed E-state index contributed by atoms with van der Waals surface area (Å²) in [7, 11) is -3.66. The molecule has 0 aromatic heterocycles. The van der Waals surface area contributed by atoms with Crippen LogP contribution in [0.25, 0.3) is 0 Å². The highest BCUT2D eigenvalue weighted by Gasteiger charge is 2.33. The van der Waals surface area contributed by atoms with Crippen molar-refractivity contribution in [1.82, 2.24) is 9.21 Å². The lowest BCUT2D eigenvalue weighted by Crippen LogP contribution is -2.49. The Morgan fingerprint density at radius 2 is 1.44 bits per heavy atom. The number of sulfonamides is 1. The number of benzene rings is 3. The summed E-state index contributed by atoms with van der Waals surface area (Å²) in [4.78, 5) is 2.57. The summed E-state index contributed by atoms with van der Waals surface area (Å²) in [6.45, 7) is 4.41. The highest BCUT2D eigenvalue weighted by atomic mass is 79.9. The molecule has 7 heteroatoms. The van der Waals surface area contributed by atoms with E-state index in [1.54, 1.807) is 22.5 Å². The first-order chi connectivity index (χ1) is 15.5. The van der Waals surface area contributed by atoms with E-state index in [9.17, 15) is 8.42 Å². The van der Waals surface area contributed by atoms with E-state index in [0.29, 0.717) is 43.0 Å². The molecule has 3 aromatic rings. The molecule has 3 aromatic carbocycles. The monoisotopic (exact) mass is 514 g/mol. The molecule has 0 spiro atoms. The topological polar surface area (TPSA) is 49.9 Å². The minimum atomic E-state index is -3.66. The summed E-state index contributed by atoms with van der Waals surface area (Å²) >= 11 is 3.40. The fourth-order valence-electron chi connectivity index (χ4n) is 4.18. The Morgan fingerprint density at radius 1 is 0.875 bits per heavy atom. The van der Waals surface area contributed by atoms with E-state index in [0.717, 1.165) is 0 Å². The zero-order valence-corrected chi connectivity index (χ0v) is 20.4. The minimum absolute atomic E-state index is 0.0899. The van der Waals surface area contributed by atoms with Gasteiger partial charge in [0.05, 0.1) is 12.6 Å². The summed E-state index contributed by atoms with van der Waals surface area (Å²) in [5, 5.41) is 0. The Morgan fingerprint density at radius 3 is 1.97 bits per heavy atom. The van der Waals surface area contributed by atoms with E-state index in [4.69, 9.17) is 4.74 Å². The van der Waals surface area contributed by atoms with E-state index in [1.807, 2.05) is 19.1 Å². The summed E-state index contributed by atoms with van der Waals surface area (Å²) in [5.41, 5.74) is 2.42. The van der Waals surface area contributed by atoms with Crippen LogP contribution in [-0.4, -0.2) is 50.4 Å². The van der Waals surface area contributed by atoms with Crippen molar-refractivity contribution in [3.05, 3.63) is 94.5 Å². The third-order valence-electron chi connectivity index (χ3n) is 5.69. The highest BCUT2D eigenvalue weighted by Crippen LogP contribution is 2.33. The molecule has 1 aliphatic heterocycles. The van der Waals surface area contributed by atoms with Gasteiger partial charge in [0, 0.05) is 30.7 Å². The summed E-state index contributed by atoms with van der Waals surface area (Å²) < 4.78 is 34.8. The number of nitrogens with zero attached hydrogens (tertiary/aromatic N) is 2. The van der Waals surface area contributed by atoms with Crippen molar-refractivity contribution in [2.45, 2.75) is 17.9 Å². The molecule has 4 rings (SSSR count). The third-order valence-corrected chi connectivity index (χ3v) is 8.11. The summed E-state index contributed by atoms with van der Waals surface area (Å²) in [6, 6.07) is 26.0. The lowest BCUT2D eigenvalue weighted by Gasteiger charge is -2.39. The van der Waals surface area contributed by atoms with E-state index < -0.39 is 10.0 Å². The third kappa shape index (κ3) is 4.91. The molecule has 32 heavy (non-hydrogen) atoms. The first-order valence-corrected chi connectivity index (χ1v) is 13.0. The summed E-state index contributed by atoms with van der Waals surface area (Å²) in [6.07, 6.45) is 0. The van der Waals surface area contributed by atoms with Crippen LogP contribution in [0.4, 0.5) is 0 Å². The first kappa shape index (κ1) is 23.0. The van der Waals surface area contributed by atoms with Gasteiger partial charge >= 0.3 is 0 Å². The molecule has 1 heterocycles. The van der Waals surface area contributed by atoms with E-state index in [2.05, 4.69) is 69.4 Å². The molecule has 0 bridgehead atoms. The van der Waals surface area contributed by atoms with Gasteiger partial charge in [-0.15, -0.1) is 0 Å². The molecular weight excluding hydrogens is 488 g/mol. The normalized spacial score (nSPS) is 15.7. The fourth-order valence-corrected chi connectivity index (χ4v) is 6.28. The van der Waals surface area contributed by atoms with Gasteiger partial charge in [-0.05, 0) is 36.2 Å². The van der Waals surface area contributed by atoms with Gasteiger partial charge in [0.1, 0.15) is 10.6 Å². The minimum Gasteiger partial charge on any atom is -0.492 e. The van der Waals surface area contributed by atoms with Crippen LogP contribution in [0.5, 0.6) is 5.75 Å². The maximum atomic E-state index is 13.5. The molecule has 1 aliphatic rings. The number of hydrogen-bond donors (Lipinski definition) is 0. The Balaban J connectivity index is 1.57. The predicted octanol–water partition coefficient (Wildman–Crippen LogP) is 4.94. The molecule has 168 valence electrons.